The lowest BCUT2D eigenvalue weighted by Crippen LogP contribution is -2.00. The Labute approximate surface area is 141 Å². The molecule has 0 bridgehead atoms. The molecule has 9 heteroatoms. The van der Waals surface area contributed by atoms with Crippen LogP contribution in [0.2, 0.25) is 0 Å². The first kappa shape index (κ1) is 16.0. The molecule has 0 spiro atoms. The highest BCUT2D eigenvalue weighted by Gasteiger charge is 2.19. The highest BCUT2D eigenvalue weighted by molar-refractivity contribution is 6.34. The SMILES string of the molecule is ClNc1cc(Oc2ccccc2)c(NCl)c(NCl)c1NCl. The van der Waals surface area contributed by atoms with E-state index in [4.69, 9.17) is 51.8 Å². The second-order valence-corrected chi connectivity index (χ2v) is 4.60. The normalized spacial score (nSPS) is 9.90. The van der Waals surface area contributed by atoms with Crippen LogP contribution in [0.4, 0.5) is 22.7 Å². The zero-order valence-corrected chi connectivity index (χ0v) is 13.4. The fourth-order valence-corrected chi connectivity index (χ4v) is 2.44. The molecule has 112 valence electrons. The Morgan fingerprint density at radius 1 is 0.714 bits per heavy atom. The summed E-state index contributed by atoms with van der Waals surface area (Å²) in [6.45, 7) is 0. The lowest BCUT2D eigenvalue weighted by molar-refractivity contribution is 0.485. The van der Waals surface area contributed by atoms with Gasteiger partial charge in [-0.05, 0) is 12.1 Å². The fraction of sp³-hybridized carbons (Fsp3) is 0. The van der Waals surface area contributed by atoms with Gasteiger partial charge in [-0.15, -0.1) is 0 Å². The lowest BCUT2D eigenvalue weighted by atomic mass is 10.2. The minimum atomic E-state index is 0.373. The largest absolute Gasteiger partial charge is 0.455 e. The minimum absolute atomic E-state index is 0.373. The molecule has 0 atom stereocenters. The number of benzene rings is 2. The maximum atomic E-state index is 5.77. The Morgan fingerprint density at radius 2 is 1.33 bits per heavy atom. The third kappa shape index (κ3) is 3.44. The van der Waals surface area contributed by atoms with Crippen LogP contribution >= 0.6 is 47.1 Å². The summed E-state index contributed by atoms with van der Waals surface area (Å²) in [7, 11) is 0. The smallest absolute Gasteiger partial charge is 0.156 e. The summed E-state index contributed by atoms with van der Waals surface area (Å²) >= 11 is 22.8. The van der Waals surface area contributed by atoms with Crippen molar-refractivity contribution in [3.8, 4) is 11.5 Å². The molecule has 0 aliphatic heterocycles. The lowest BCUT2D eigenvalue weighted by Gasteiger charge is -2.18. The van der Waals surface area contributed by atoms with E-state index in [-0.39, 0.29) is 0 Å². The Morgan fingerprint density at radius 3 is 1.86 bits per heavy atom. The first-order valence-electron chi connectivity index (χ1n) is 5.65. The summed E-state index contributed by atoms with van der Waals surface area (Å²) in [6, 6.07) is 10.8. The van der Waals surface area contributed by atoms with Gasteiger partial charge in [0.2, 0.25) is 0 Å². The first-order valence-corrected chi connectivity index (χ1v) is 7.16. The van der Waals surface area contributed by atoms with Crippen LogP contribution in [0.5, 0.6) is 11.5 Å². The van der Waals surface area contributed by atoms with Crippen molar-refractivity contribution in [3.05, 3.63) is 36.4 Å². The topological polar surface area (TPSA) is 57.4 Å². The molecule has 2 aromatic carbocycles. The van der Waals surface area contributed by atoms with Gasteiger partial charge in [-0.25, -0.2) is 0 Å². The number of para-hydroxylation sites is 1. The van der Waals surface area contributed by atoms with E-state index in [1.54, 1.807) is 18.2 Å². The van der Waals surface area contributed by atoms with Crippen molar-refractivity contribution < 1.29 is 4.74 Å². The number of halogens is 4. The average molecular weight is 368 g/mol. The number of hydrogen-bond acceptors (Lipinski definition) is 5. The summed E-state index contributed by atoms with van der Waals surface area (Å²) < 4.78 is 5.77. The van der Waals surface area contributed by atoms with Crippen LogP contribution in [-0.2, 0) is 0 Å². The Bertz CT molecular complexity index is 612. The Hall–Kier alpha value is -1.40. The summed E-state index contributed by atoms with van der Waals surface area (Å²) in [5, 5.41) is 0. The Kier molecular flexibility index (Phi) is 5.76. The standard InChI is InChI=1S/C12H10Cl4N4O/c13-17-8-6-9(21-7-4-2-1-3-5-7)11(19-15)12(20-16)10(8)18-14/h1-6,17-20H. The van der Waals surface area contributed by atoms with Crippen LogP contribution in [0.25, 0.3) is 0 Å². The van der Waals surface area contributed by atoms with Gasteiger partial charge >= 0.3 is 0 Å². The third-order valence-corrected chi connectivity index (χ3v) is 3.42. The van der Waals surface area contributed by atoms with Gasteiger partial charge in [0.25, 0.3) is 0 Å². The molecule has 5 nitrogen and oxygen atoms in total. The minimum Gasteiger partial charge on any atom is -0.455 e. The van der Waals surface area contributed by atoms with Crippen molar-refractivity contribution in [1.29, 1.82) is 0 Å². The molecule has 2 aromatic rings. The van der Waals surface area contributed by atoms with Crippen molar-refractivity contribution in [2.24, 2.45) is 0 Å². The molecule has 0 radical (unpaired) electrons. The average Bonchev–Trinajstić information content (AvgIpc) is 2.54. The highest BCUT2D eigenvalue weighted by Crippen LogP contribution is 2.46. The van der Waals surface area contributed by atoms with Crippen molar-refractivity contribution in [3.63, 3.8) is 0 Å². The molecular weight excluding hydrogens is 358 g/mol. The van der Waals surface area contributed by atoms with E-state index in [0.29, 0.717) is 34.2 Å². The molecule has 4 N–H and O–H groups in total. The number of hydrogen-bond donors (Lipinski definition) is 4. The predicted molar refractivity (Wildman–Crippen MR) is 90.9 cm³/mol. The quantitative estimate of drug-likeness (QED) is 0.490. The van der Waals surface area contributed by atoms with E-state index in [1.807, 2.05) is 18.2 Å². The van der Waals surface area contributed by atoms with Crippen molar-refractivity contribution in [2.45, 2.75) is 0 Å². The molecule has 0 amide bonds. The highest BCUT2D eigenvalue weighted by atomic mass is 35.5. The zero-order chi connectivity index (χ0) is 15.2. The number of nitrogens with one attached hydrogen (secondary N) is 4. The molecule has 0 aliphatic rings. The predicted octanol–water partition coefficient (Wildman–Crippen LogP) is 5.74. The van der Waals surface area contributed by atoms with E-state index in [0.717, 1.165) is 0 Å². The molecule has 0 aromatic heterocycles. The summed E-state index contributed by atoms with van der Waals surface area (Å²) in [4.78, 5) is 9.89. The van der Waals surface area contributed by atoms with E-state index >= 15 is 0 Å². The molecule has 21 heavy (non-hydrogen) atoms. The summed E-state index contributed by atoms with van der Waals surface area (Å²) in [5.41, 5.74) is 1.63. The molecule has 0 saturated carbocycles. The van der Waals surface area contributed by atoms with E-state index in [2.05, 4.69) is 19.3 Å². The number of ether oxygens (including phenoxy) is 1. The van der Waals surface area contributed by atoms with Gasteiger partial charge in [0.05, 0.1) is 5.69 Å². The zero-order valence-electron chi connectivity index (χ0n) is 10.4. The molecule has 0 heterocycles. The number of rotatable bonds is 6. The van der Waals surface area contributed by atoms with E-state index in [9.17, 15) is 0 Å². The van der Waals surface area contributed by atoms with Crippen LogP contribution in [0.15, 0.2) is 36.4 Å². The molecule has 0 unspecified atom stereocenters. The van der Waals surface area contributed by atoms with E-state index in [1.165, 1.54) is 0 Å². The maximum Gasteiger partial charge on any atom is 0.156 e. The second-order valence-electron chi connectivity index (χ2n) is 3.84. The van der Waals surface area contributed by atoms with Gasteiger partial charge in [-0.3, -0.25) is 19.3 Å². The summed E-state index contributed by atoms with van der Waals surface area (Å²) in [5.74, 6) is 1.02. The molecule has 2 rings (SSSR count). The monoisotopic (exact) mass is 366 g/mol. The van der Waals surface area contributed by atoms with E-state index < -0.39 is 0 Å². The Balaban J connectivity index is 2.54. The van der Waals surface area contributed by atoms with Gasteiger partial charge in [-0.1, -0.05) is 18.2 Å². The van der Waals surface area contributed by atoms with Crippen molar-refractivity contribution in [2.75, 3.05) is 19.3 Å². The third-order valence-electron chi connectivity index (χ3n) is 2.65. The molecular formula is C12H10Cl4N4O. The molecule has 0 saturated heterocycles. The van der Waals surface area contributed by atoms with Crippen LogP contribution < -0.4 is 24.1 Å². The van der Waals surface area contributed by atoms with Gasteiger partial charge in [0, 0.05) is 53.2 Å². The molecule has 0 fully saturated rings. The fourth-order valence-electron chi connectivity index (χ4n) is 1.72. The van der Waals surface area contributed by atoms with Gasteiger partial charge < -0.3 is 4.74 Å². The maximum absolute atomic E-state index is 5.77. The van der Waals surface area contributed by atoms with Crippen molar-refractivity contribution in [1.82, 2.24) is 0 Å². The van der Waals surface area contributed by atoms with Crippen LogP contribution in [-0.4, -0.2) is 0 Å². The van der Waals surface area contributed by atoms with Gasteiger partial charge in [0.1, 0.15) is 22.8 Å². The second kappa shape index (κ2) is 7.56. The summed E-state index contributed by atoms with van der Waals surface area (Å²) in [6.07, 6.45) is 0. The van der Waals surface area contributed by atoms with Gasteiger partial charge in [-0.2, -0.15) is 0 Å². The van der Waals surface area contributed by atoms with Crippen molar-refractivity contribution >= 4 is 69.9 Å². The molecule has 0 aliphatic carbocycles. The number of anilines is 4. The van der Waals surface area contributed by atoms with Crippen LogP contribution in [0.3, 0.4) is 0 Å². The first-order chi connectivity index (χ1) is 10.2. The van der Waals surface area contributed by atoms with Crippen LogP contribution in [0, 0.1) is 0 Å². The van der Waals surface area contributed by atoms with Crippen LogP contribution in [0.1, 0.15) is 0 Å². The van der Waals surface area contributed by atoms with Gasteiger partial charge in [0.15, 0.2) is 5.75 Å².